The highest BCUT2D eigenvalue weighted by Crippen LogP contribution is 2.40. The van der Waals surface area contributed by atoms with E-state index in [-0.39, 0.29) is 0 Å². The molecule has 1 aromatic carbocycles. The molecule has 99 valence electrons. The standard InChI is InChI=1S/C15H16NO3/c1-17-13-7-6-12(14(18-2)15(13)19-3)9-11-5-4-8-16-10-11/h4-5,7-8,10H,9H2,1-3H3. The number of hydrogen-bond donors (Lipinski definition) is 0. The van der Waals surface area contributed by atoms with E-state index in [2.05, 4.69) is 11.1 Å². The zero-order valence-corrected chi connectivity index (χ0v) is 11.3. The SMILES string of the molecule is COc1c[c]c(Cc2cccnc2)c(OC)c1OC. The number of benzene rings is 1. The molecule has 0 amide bonds. The number of aromatic nitrogens is 1. The van der Waals surface area contributed by atoms with Crippen LogP contribution in [0.5, 0.6) is 17.2 Å². The van der Waals surface area contributed by atoms with Crippen molar-refractivity contribution in [1.29, 1.82) is 0 Å². The molecule has 0 saturated heterocycles. The zero-order valence-electron chi connectivity index (χ0n) is 11.3. The smallest absolute Gasteiger partial charge is 0.203 e. The Labute approximate surface area is 113 Å². The van der Waals surface area contributed by atoms with Crippen LogP contribution < -0.4 is 14.2 Å². The van der Waals surface area contributed by atoms with Crippen LogP contribution in [0.4, 0.5) is 0 Å². The lowest BCUT2D eigenvalue weighted by Crippen LogP contribution is -2.00. The first-order valence-electron chi connectivity index (χ1n) is 5.88. The van der Waals surface area contributed by atoms with E-state index in [1.807, 2.05) is 18.3 Å². The van der Waals surface area contributed by atoms with E-state index < -0.39 is 0 Å². The van der Waals surface area contributed by atoms with Crippen LogP contribution in [0.3, 0.4) is 0 Å². The Morgan fingerprint density at radius 3 is 2.47 bits per heavy atom. The summed E-state index contributed by atoms with van der Waals surface area (Å²) >= 11 is 0. The first-order valence-corrected chi connectivity index (χ1v) is 5.88. The van der Waals surface area contributed by atoms with Crippen molar-refractivity contribution in [3.63, 3.8) is 0 Å². The summed E-state index contributed by atoms with van der Waals surface area (Å²) in [7, 11) is 4.79. The molecule has 0 N–H and O–H groups in total. The van der Waals surface area contributed by atoms with Crippen LogP contribution >= 0.6 is 0 Å². The number of rotatable bonds is 5. The normalized spacial score (nSPS) is 10.1. The topological polar surface area (TPSA) is 40.6 Å². The Balaban J connectivity index is 2.40. The van der Waals surface area contributed by atoms with Gasteiger partial charge in [0.05, 0.1) is 21.3 Å². The molecule has 0 atom stereocenters. The predicted octanol–water partition coefficient (Wildman–Crippen LogP) is 2.50. The Bertz CT molecular complexity index is 541. The summed E-state index contributed by atoms with van der Waals surface area (Å²) in [5.74, 6) is 1.84. The van der Waals surface area contributed by atoms with Gasteiger partial charge in [-0.15, -0.1) is 0 Å². The lowest BCUT2D eigenvalue weighted by atomic mass is 10.0. The van der Waals surface area contributed by atoms with Gasteiger partial charge < -0.3 is 14.2 Å². The molecule has 0 bridgehead atoms. The van der Waals surface area contributed by atoms with Crippen LogP contribution in [0.1, 0.15) is 11.1 Å². The molecule has 2 aromatic rings. The molecule has 1 radical (unpaired) electrons. The van der Waals surface area contributed by atoms with Gasteiger partial charge in [-0.1, -0.05) is 6.07 Å². The van der Waals surface area contributed by atoms with Crippen LogP contribution in [0.2, 0.25) is 0 Å². The average molecular weight is 258 g/mol. The molecule has 19 heavy (non-hydrogen) atoms. The van der Waals surface area contributed by atoms with Crippen molar-refractivity contribution < 1.29 is 14.2 Å². The van der Waals surface area contributed by atoms with E-state index in [4.69, 9.17) is 14.2 Å². The summed E-state index contributed by atoms with van der Waals surface area (Å²) in [6.07, 6.45) is 4.25. The summed E-state index contributed by atoms with van der Waals surface area (Å²) in [4.78, 5) is 4.10. The zero-order chi connectivity index (χ0) is 13.7. The van der Waals surface area contributed by atoms with Crippen LogP contribution in [0, 0.1) is 6.07 Å². The maximum Gasteiger partial charge on any atom is 0.203 e. The second-order valence-corrected chi connectivity index (χ2v) is 3.94. The van der Waals surface area contributed by atoms with Gasteiger partial charge in [0.1, 0.15) is 0 Å². The molecule has 0 unspecified atom stereocenters. The van der Waals surface area contributed by atoms with Crippen molar-refractivity contribution in [1.82, 2.24) is 4.98 Å². The van der Waals surface area contributed by atoms with Crippen molar-refractivity contribution in [3.05, 3.63) is 47.8 Å². The second kappa shape index (κ2) is 6.09. The lowest BCUT2D eigenvalue weighted by molar-refractivity contribution is 0.322. The third kappa shape index (κ3) is 2.78. The molecule has 0 aliphatic heterocycles. The van der Waals surface area contributed by atoms with Crippen LogP contribution in [0.15, 0.2) is 30.6 Å². The number of methoxy groups -OCH3 is 3. The van der Waals surface area contributed by atoms with Gasteiger partial charge in [-0.05, 0) is 23.8 Å². The highest BCUT2D eigenvalue weighted by atomic mass is 16.5. The maximum atomic E-state index is 5.43. The van der Waals surface area contributed by atoms with Crippen LogP contribution in [-0.2, 0) is 6.42 Å². The van der Waals surface area contributed by atoms with Crippen LogP contribution in [0.25, 0.3) is 0 Å². The molecule has 0 spiro atoms. The number of hydrogen-bond acceptors (Lipinski definition) is 4. The molecular weight excluding hydrogens is 242 g/mol. The van der Waals surface area contributed by atoms with Gasteiger partial charge in [0, 0.05) is 24.4 Å². The van der Waals surface area contributed by atoms with E-state index in [9.17, 15) is 0 Å². The van der Waals surface area contributed by atoms with Crippen molar-refractivity contribution in [3.8, 4) is 17.2 Å². The summed E-state index contributed by atoms with van der Waals surface area (Å²) in [5, 5.41) is 0. The number of ether oxygens (including phenoxy) is 3. The molecule has 1 heterocycles. The minimum absolute atomic E-state index is 0.586. The average Bonchev–Trinajstić information content (AvgIpc) is 2.47. The summed E-state index contributed by atoms with van der Waals surface area (Å²) in [6, 6.07) is 8.85. The van der Waals surface area contributed by atoms with Gasteiger partial charge in [-0.25, -0.2) is 0 Å². The number of pyridine rings is 1. The van der Waals surface area contributed by atoms with E-state index in [0.29, 0.717) is 23.7 Å². The van der Waals surface area contributed by atoms with Crippen molar-refractivity contribution in [2.45, 2.75) is 6.42 Å². The first-order chi connectivity index (χ1) is 9.30. The molecule has 4 heteroatoms. The Morgan fingerprint density at radius 1 is 1.11 bits per heavy atom. The van der Waals surface area contributed by atoms with Gasteiger partial charge in [0.15, 0.2) is 11.5 Å². The fourth-order valence-electron chi connectivity index (χ4n) is 1.93. The maximum absolute atomic E-state index is 5.43. The van der Waals surface area contributed by atoms with Crippen molar-refractivity contribution in [2.75, 3.05) is 21.3 Å². The molecular formula is C15H16NO3. The predicted molar refractivity (Wildman–Crippen MR) is 72.0 cm³/mol. The summed E-state index contributed by atoms with van der Waals surface area (Å²) < 4.78 is 16.0. The molecule has 0 fully saturated rings. The third-order valence-corrected chi connectivity index (χ3v) is 2.81. The molecule has 0 aliphatic carbocycles. The van der Waals surface area contributed by atoms with E-state index in [0.717, 1.165) is 11.1 Å². The molecule has 2 rings (SSSR count). The summed E-state index contributed by atoms with van der Waals surface area (Å²) in [5.41, 5.74) is 2.00. The fourth-order valence-corrected chi connectivity index (χ4v) is 1.93. The van der Waals surface area contributed by atoms with E-state index in [1.165, 1.54) is 0 Å². The Kier molecular flexibility index (Phi) is 4.23. The van der Waals surface area contributed by atoms with Crippen molar-refractivity contribution >= 4 is 0 Å². The Morgan fingerprint density at radius 2 is 1.89 bits per heavy atom. The molecule has 4 nitrogen and oxygen atoms in total. The van der Waals surface area contributed by atoms with E-state index >= 15 is 0 Å². The van der Waals surface area contributed by atoms with Crippen LogP contribution in [-0.4, -0.2) is 26.3 Å². The van der Waals surface area contributed by atoms with E-state index in [1.54, 1.807) is 33.6 Å². The van der Waals surface area contributed by atoms with Gasteiger partial charge in [0.2, 0.25) is 5.75 Å². The summed E-state index contributed by atoms with van der Waals surface area (Å²) in [6.45, 7) is 0. The fraction of sp³-hybridized carbons (Fsp3) is 0.267. The lowest BCUT2D eigenvalue weighted by Gasteiger charge is -2.15. The van der Waals surface area contributed by atoms with Gasteiger partial charge in [0.25, 0.3) is 0 Å². The minimum Gasteiger partial charge on any atom is -0.493 e. The largest absolute Gasteiger partial charge is 0.493 e. The molecule has 0 aliphatic rings. The first kappa shape index (κ1) is 13.2. The quantitative estimate of drug-likeness (QED) is 0.826. The molecule has 0 saturated carbocycles. The van der Waals surface area contributed by atoms with Gasteiger partial charge in [-0.2, -0.15) is 0 Å². The monoisotopic (exact) mass is 258 g/mol. The van der Waals surface area contributed by atoms with Gasteiger partial charge in [-0.3, -0.25) is 4.98 Å². The Hall–Kier alpha value is -2.23. The number of nitrogens with zero attached hydrogens (tertiary/aromatic N) is 1. The third-order valence-electron chi connectivity index (χ3n) is 2.81. The van der Waals surface area contributed by atoms with Gasteiger partial charge >= 0.3 is 0 Å². The highest BCUT2D eigenvalue weighted by Gasteiger charge is 2.16. The highest BCUT2D eigenvalue weighted by molar-refractivity contribution is 5.56. The minimum atomic E-state index is 0.586. The second-order valence-electron chi connectivity index (χ2n) is 3.94. The van der Waals surface area contributed by atoms with Crippen molar-refractivity contribution in [2.24, 2.45) is 0 Å². The molecule has 1 aromatic heterocycles.